The van der Waals surface area contributed by atoms with Crippen LogP contribution in [0.3, 0.4) is 0 Å². The number of carbonyl (C=O) groups is 4. The first-order valence-corrected chi connectivity index (χ1v) is 18.5. The summed E-state index contributed by atoms with van der Waals surface area (Å²) in [6, 6.07) is 19.2. The Hall–Kier alpha value is -6.00. The van der Waals surface area contributed by atoms with Gasteiger partial charge >= 0.3 is 17.9 Å². The Morgan fingerprint density at radius 3 is 2.24 bits per heavy atom. The van der Waals surface area contributed by atoms with Gasteiger partial charge in [-0.25, -0.2) is 14.8 Å². The third-order valence-corrected chi connectivity index (χ3v) is 9.66. The summed E-state index contributed by atoms with van der Waals surface area (Å²) >= 11 is 1.43. The Balaban J connectivity index is 1.09. The molecule has 3 aromatic carbocycles. The number of carbonyl (C=O) groups excluding carboxylic acids is 4. The first-order chi connectivity index (χ1) is 26.4. The van der Waals surface area contributed by atoms with Gasteiger partial charge in [-0.05, 0) is 106 Å². The molecule has 12 nitrogen and oxygen atoms in total. The lowest BCUT2D eigenvalue weighted by atomic mass is 9.82. The van der Waals surface area contributed by atoms with Crippen molar-refractivity contribution < 1.29 is 42.9 Å². The zero-order valence-electron chi connectivity index (χ0n) is 29.7. The average Bonchev–Trinajstić information content (AvgIpc) is 3.63. The molecule has 0 atom stereocenters. The maximum atomic E-state index is 13.3. The van der Waals surface area contributed by atoms with Crippen LogP contribution in [0.5, 0.6) is 23.0 Å². The van der Waals surface area contributed by atoms with E-state index in [1.165, 1.54) is 35.8 Å². The fourth-order valence-electron chi connectivity index (χ4n) is 5.74. The first kappa shape index (κ1) is 39.2. The minimum Gasteiger partial charge on any atom is -0.494 e. The van der Waals surface area contributed by atoms with Crippen molar-refractivity contribution in [3.63, 3.8) is 0 Å². The number of esters is 3. The van der Waals surface area contributed by atoms with Crippen LogP contribution < -0.4 is 24.0 Å². The molecule has 13 heteroatoms. The summed E-state index contributed by atoms with van der Waals surface area (Å²) in [6.07, 6.45) is 13.6. The zero-order chi connectivity index (χ0) is 38.1. The molecule has 0 unspecified atom stereocenters. The van der Waals surface area contributed by atoms with E-state index in [9.17, 15) is 19.2 Å². The van der Waals surface area contributed by atoms with Crippen molar-refractivity contribution in [1.82, 2.24) is 4.98 Å². The molecule has 1 aliphatic carbocycles. The summed E-state index contributed by atoms with van der Waals surface area (Å²) < 4.78 is 28.2. The standard InChI is InChI=1S/C41H41N3O9S/c1-3-23-44(41-43-35-11-7-8-12-37(35)54-41)42-27-31-26-34(51-28-45)21-22-36(31)53-40(48)30-15-13-29(14-16-30)39(47)52-33-19-17-32(18-20-33)49-24-9-5-6-10-25-50-38(46)4-2/h1,4,7-8,11-12,17-22,26-30H,2,5-6,9-10,13-16,23-25H2/b42-27+/t29-,30-. The second-order valence-corrected chi connectivity index (χ2v) is 13.4. The molecule has 0 amide bonds. The largest absolute Gasteiger partial charge is 0.494 e. The zero-order valence-corrected chi connectivity index (χ0v) is 30.5. The number of anilines is 1. The Morgan fingerprint density at radius 2 is 1.56 bits per heavy atom. The molecule has 1 aliphatic rings. The maximum Gasteiger partial charge on any atom is 0.330 e. The molecule has 5 rings (SSSR count). The lowest BCUT2D eigenvalue weighted by Gasteiger charge is -2.26. The number of terminal acetylenes is 1. The lowest BCUT2D eigenvalue weighted by molar-refractivity contribution is -0.145. The van der Waals surface area contributed by atoms with Crippen LogP contribution in [0, 0.1) is 24.2 Å². The van der Waals surface area contributed by atoms with Gasteiger partial charge in [-0.15, -0.1) is 6.42 Å². The normalized spacial score (nSPS) is 15.2. The van der Waals surface area contributed by atoms with E-state index >= 15 is 0 Å². The number of thiazole rings is 1. The predicted octanol–water partition coefficient (Wildman–Crippen LogP) is 7.29. The number of unbranched alkanes of at least 4 members (excludes halogenated alkanes) is 3. The molecule has 0 aliphatic heterocycles. The van der Waals surface area contributed by atoms with Crippen LogP contribution >= 0.6 is 11.3 Å². The molecule has 4 aromatic rings. The number of para-hydroxylation sites is 1. The van der Waals surface area contributed by atoms with Gasteiger partial charge in [-0.1, -0.05) is 36.0 Å². The highest BCUT2D eigenvalue weighted by Crippen LogP contribution is 2.33. The summed E-state index contributed by atoms with van der Waals surface area (Å²) in [6.45, 7) is 4.75. The van der Waals surface area contributed by atoms with E-state index in [2.05, 4.69) is 22.6 Å². The number of rotatable bonds is 19. The second kappa shape index (κ2) is 20.3. The van der Waals surface area contributed by atoms with Crippen molar-refractivity contribution in [1.29, 1.82) is 0 Å². The summed E-state index contributed by atoms with van der Waals surface area (Å²) in [7, 11) is 0. The smallest absolute Gasteiger partial charge is 0.330 e. The molecular weight excluding hydrogens is 711 g/mol. The van der Waals surface area contributed by atoms with E-state index in [4.69, 9.17) is 30.1 Å². The fourth-order valence-corrected chi connectivity index (χ4v) is 6.66. The minimum atomic E-state index is -0.434. The molecule has 1 saturated carbocycles. The molecule has 0 N–H and O–H groups in total. The third-order valence-electron chi connectivity index (χ3n) is 8.61. The van der Waals surface area contributed by atoms with Crippen molar-refractivity contribution in [2.45, 2.75) is 51.4 Å². The van der Waals surface area contributed by atoms with Gasteiger partial charge in [0.05, 0.1) is 41.5 Å². The van der Waals surface area contributed by atoms with Crippen LogP contribution in [0.15, 0.2) is 84.5 Å². The Kier molecular flexibility index (Phi) is 14.7. The van der Waals surface area contributed by atoms with Crippen molar-refractivity contribution in [3.05, 3.63) is 84.9 Å². The van der Waals surface area contributed by atoms with Gasteiger partial charge < -0.3 is 23.7 Å². The molecule has 0 saturated heterocycles. The predicted molar refractivity (Wildman–Crippen MR) is 205 cm³/mol. The van der Waals surface area contributed by atoms with Gasteiger partial charge in [0.1, 0.15) is 29.5 Å². The molecular formula is C41H41N3O9S. The van der Waals surface area contributed by atoms with Crippen molar-refractivity contribution >= 4 is 57.3 Å². The Morgan fingerprint density at radius 1 is 0.889 bits per heavy atom. The Bertz CT molecular complexity index is 1940. The van der Waals surface area contributed by atoms with Gasteiger partial charge in [0.15, 0.2) is 0 Å². The molecule has 1 fully saturated rings. The summed E-state index contributed by atoms with van der Waals surface area (Å²) in [5.74, 6) is 2.19. The molecule has 0 radical (unpaired) electrons. The van der Waals surface area contributed by atoms with E-state index in [1.807, 2.05) is 24.3 Å². The lowest BCUT2D eigenvalue weighted by Crippen LogP contribution is -2.30. The molecule has 0 bridgehead atoms. The number of fused-ring (bicyclic) bond motifs is 1. The van der Waals surface area contributed by atoms with Crippen LogP contribution in [-0.2, 0) is 23.9 Å². The van der Waals surface area contributed by atoms with Crippen LogP contribution in [-0.4, -0.2) is 55.3 Å². The van der Waals surface area contributed by atoms with Gasteiger partial charge in [0.25, 0.3) is 6.47 Å². The van der Waals surface area contributed by atoms with Gasteiger partial charge in [0, 0.05) is 11.6 Å². The number of aromatic nitrogens is 1. The summed E-state index contributed by atoms with van der Waals surface area (Å²) in [4.78, 5) is 53.0. The highest BCUT2D eigenvalue weighted by molar-refractivity contribution is 7.22. The van der Waals surface area contributed by atoms with Crippen LogP contribution in [0.25, 0.3) is 10.2 Å². The summed E-state index contributed by atoms with van der Waals surface area (Å²) in [5, 5.41) is 6.69. The summed E-state index contributed by atoms with van der Waals surface area (Å²) in [5.41, 5.74) is 1.20. The number of ether oxygens (including phenoxy) is 5. The highest BCUT2D eigenvalue weighted by Gasteiger charge is 2.32. The second-order valence-electron chi connectivity index (χ2n) is 12.4. The van der Waals surface area contributed by atoms with Crippen molar-refractivity contribution in [2.24, 2.45) is 16.9 Å². The van der Waals surface area contributed by atoms with Gasteiger partial charge in [0.2, 0.25) is 5.13 Å². The SMILES string of the molecule is C#CCN(/N=C/c1cc(OC=O)ccc1OC(=O)[C@H]1CC[C@H](C(=O)Oc2ccc(OCCCCCCOC(=O)C=C)cc2)CC1)c1nc2ccccc2s1. The monoisotopic (exact) mass is 751 g/mol. The van der Waals surface area contributed by atoms with Gasteiger partial charge in [-0.3, -0.25) is 14.4 Å². The number of hydrogen-bond acceptors (Lipinski definition) is 13. The molecule has 280 valence electrons. The van der Waals surface area contributed by atoms with E-state index in [-0.39, 0.29) is 29.9 Å². The van der Waals surface area contributed by atoms with E-state index in [0.29, 0.717) is 67.6 Å². The number of benzene rings is 3. The van der Waals surface area contributed by atoms with Crippen molar-refractivity contribution in [2.75, 3.05) is 24.8 Å². The number of hydrazone groups is 1. The number of nitrogens with zero attached hydrogens (tertiary/aromatic N) is 3. The molecule has 1 aromatic heterocycles. The number of hydrogen-bond donors (Lipinski definition) is 0. The van der Waals surface area contributed by atoms with E-state index < -0.39 is 17.9 Å². The molecule has 1 heterocycles. The fraction of sp³-hybridized carbons (Fsp3) is 0.317. The van der Waals surface area contributed by atoms with Gasteiger partial charge in [-0.2, -0.15) is 5.10 Å². The Labute approximate surface area is 317 Å². The third kappa shape index (κ3) is 11.5. The first-order valence-electron chi connectivity index (χ1n) is 17.7. The van der Waals surface area contributed by atoms with Crippen LogP contribution in [0.2, 0.25) is 0 Å². The van der Waals surface area contributed by atoms with E-state index in [1.54, 1.807) is 29.3 Å². The molecule has 54 heavy (non-hydrogen) atoms. The molecule has 0 spiro atoms. The van der Waals surface area contributed by atoms with Crippen LogP contribution in [0.4, 0.5) is 5.13 Å². The quantitative estimate of drug-likeness (QED) is 0.0139. The van der Waals surface area contributed by atoms with Crippen molar-refractivity contribution in [3.8, 4) is 35.3 Å². The minimum absolute atomic E-state index is 0.142. The maximum absolute atomic E-state index is 13.3. The highest BCUT2D eigenvalue weighted by atomic mass is 32.1. The topological polar surface area (TPSA) is 143 Å². The average molecular weight is 752 g/mol. The van der Waals surface area contributed by atoms with Crippen LogP contribution in [0.1, 0.15) is 56.9 Å². The van der Waals surface area contributed by atoms with E-state index in [0.717, 1.165) is 42.0 Å².